The molecule has 148 valence electrons. The molecule has 0 unspecified atom stereocenters. The molecule has 3 N–H and O–H groups in total. The Morgan fingerprint density at radius 2 is 1.86 bits per heavy atom. The third kappa shape index (κ3) is 4.92. The quantitative estimate of drug-likeness (QED) is 0.603. The van der Waals surface area contributed by atoms with E-state index in [-0.39, 0.29) is 11.7 Å². The lowest BCUT2D eigenvalue weighted by atomic mass is 10.2. The van der Waals surface area contributed by atoms with Crippen LogP contribution in [0.4, 0.5) is 11.5 Å². The molecule has 0 spiro atoms. The van der Waals surface area contributed by atoms with Crippen LogP contribution in [0.25, 0.3) is 0 Å². The number of carbonyl (C=O) groups excluding carboxylic acids is 1. The molecule has 1 aromatic heterocycles. The van der Waals surface area contributed by atoms with E-state index in [0.29, 0.717) is 11.6 Å². The zero-order chi connectivity index (χ0) is 20.1. The van der Waals surface area contributed by atoms with Crippen LogP contribution in [0.5, 0.6) is 5.75 Å². The van der Waals surface area contributed by atoms with Gasteiger partial charge in [0.05, 0.1) is 5.56 Å². The number of amides is 1. The molecule has 6 heteroatoms. The van der Waals surface area contributed by atoms with Gasteiger partial charge >= 0.3 is 0 Å². The van der Waals surface area contributed by atoms with Gasteiger partial charge in [0.1, 0.15) is 11.6 Å². The summed E-state index contributed by atoms with van der Waals surface area (Å²) in [6, 6.07) is 20.8. The lowest BCUT2D eigenvalue weighted by molar-refractivity contribution is 0.102. The van der Waals surface area contributed by atoms with Gasteiger partial charge in [-0.15, -0.1) is 0 Å². The predicted octanol–water partition coefficient (Wildman–Crippen LogP) is 3.41. The lowest BCUT2D eigenvalue weighted by Crippen LogP contribution is -2.32. The molecule has 6 nitrogen and oxygen atoms in total. The van der Waals surface area contributed by atoms with Crippen LogP contribution >= 0.6 is 0 Å². The molecule has 4 rings (SSSR count). The van der Waals surface area contributed by atoms with Crippen molar-refractivity contribution in [1.29, 1.82) is 0 Å². The first kappa shape index (κ1) is 19.0. The molecule has 0 radical (unpaired) electrons. The first-order valence-corrected chi connectivity index (χ1v) is 9.76. The highest BCUT2D eigenvalue weighted by Gasteiger charge is 2.23. The van der Waals surface area contributed by atoms with Crippen LogP contribution in [-0.2, 0) is 6.54 Å². The standard InChI is InChI=1S/C23H24N4O2/c28-21-9-6-17(7-10-21)14-24-20-12-13-27(16-20)22-11-8-18(15-25-22)23(29)26-19-4-2-1-3-5-19/h1-11,15,20,24,28H,12-14,16H2,(H,26,29)/t20-/m0/s1. The smallest absolute Gasteiger partial charge is 0.257 e. The van der Waals surface area contributed by atoms with Gasteiger partial charge in [0, 0.05) is 37.6 Å². The van der Waals surface area contributed by atoms with Crippen LogP contribution in [0.2, 0.25) is 0 Å². The summed E-state index contributed by atoms with van der Waals surface area (Å²) < 4.78 is 0. The zero-order valence-corrected chi connectivity index (χ0v) is 16.1. The second-order valence-electron chi connectivity index (χ2n) is 7.20. The van der Waals surface area contributed by atoms with E-state index in [2.05, 4.69) is 20.5 Å². The van der Waals surface area contributed by atoms with E-state index < -0.39 is 0 Å². The fourth-order valence-corrected chi connectivity index (χ4v) is 3.44. The Morgan fingerprint density at radius 3 is 2.59 bits per heavy atom. The number of anilines is 2. The number of hydrogen-bond donors (Lipinski definition) is 3. The number of phenols is 1. The number of aromatic hydroxyl groups is 1. The molecule has 1 saturated heterocycles. The second kappa shape index (κ2) is 8.75. The molecule has 1 aliphatic rings. The van der Waals surface area contributed by atoms with Gasteiger partial charge in [0.2, 0.25) is 0 Å². The Balaban J connectivity index is 1.30. The molecular formula is C23H24N4O2. The highest BCUT2D eigenvalue weighted by molar-refractivity contribution is 6.04. The van der Waals surface area contributed by atoms with Gasteiger partial charge in [-0.1, -0.05) is 30.3 Å². The second-order valence-corrected chi connectivity index (χ2v) is 7.20. The minimum Gasteiger partial charge on any atom is -0.508 e. The third-order valence-electron chi connectivity index (χ3n) is 5.09. The summed E-state index contributed by atoms with van der Waals surface area (Å²) in [6.45, 7) is 2.57. The summed E-state index contributed by atoms with van der Waals surface area (Å²) in [5.41, 5.74) is 2.45. The van der Waals surface area contributed by atoms with E-state index in [0.717, 1.165) is 43.1 Å². The van der Waals surface area contributed by atoms with Crippen molar-refractivity contribution in [3.63, 3.8) is 0 Å². The van der Waals surface area contributed by atoms with Gasteiger partial charge in [0.15, 0.2) is 0 Å². The average molecular weight is 388 g/mol. The highest BCUT2D eigenvalue weighted by Crippen LogP contribution is 2.19. The first-order valence-electron chi connectivity index (χ1n) is 9.76. The van der Waals surface area contributed by atoms with Gasteiger partial charge in [-0.3, -0.25) is 4.79 Å². The fraction of sp³-hybridized carbons (Fsp3) is 0.217. The molecule has 1 aliphatic heterocycles. The Hall–Kier alpha value is -3.38. The summed E-state index contributed by atoms with van der Waals surface area (Å²) in [6.07, 6.45) is 2.67. The van der Waals surface area contributed by atoms with Crippen LogP contribution in [-0.4, -0.2) is 35.1 Å². The van der Waals surface area contributed by atoms with Crippen molar-refractivity contribution in [1.82, 2.24) is 10.3 Å². The SMILES string of the molecule is O=C(Nc1ccccc1)c1ccc(N2CC[C@H](NCc3ccc(O)cc3)C2)nc1. The largest absolute Gasteiger partial charge is 0.508 e. The maximum Gasteiger partial charge on any atom is 0.257 e. The van der Waals surface area contributed by atoms with E-state index in [1.54, 1.807) is 18.3 Å². The van der Waals surface area contributed by atoms with Crippen molar-refractivity contribution in [2.75, 3.05) is 23.3 Å². The molecule has 3 aromatic rings. The minimum absolute atomic E-state index is 0.162. The number of nitrogens with one attached hydrogen (secondary N) is 2. The average Bonchev–Trinajstić information content (AvgIpc) is 3.23. The van der Waals surface area contributed by atoms with Gasteiger partial charge < -0.3 is 20.6 Å². The van der Waals surface area contributed by atoms with Crippen LogP contribution < -0.4 is 15.5 Å². The molecule has 1 atom stereocenters. The number of aromatic nitrogens is 1. The van der Waals surface area contributed by atoms with Crippen molar-refractivity contribution in [2.45, 2.75) is 19.0 Å². The van der Waals surface area contributed by atoms with Gasteiger partial charge in [-0.05, 0) is 48.4 Å². The molecule has 1 fully saturated rings. The predicted molar refractivity (Wildman–Crippen MR) is 114 cm³/mol. The summed E-state index contributed by atoms with van der Waals surface area (Å²) in [4.78, 5) is 19.1. The molecule has 29 heavy (non-hydrogen) atoms. The molecular weight excluding hydrogens is 364 g/mol. The fourth-order valence-electron chi connectivity index (χ4n) is 3.44. The van der Waals surface area contributed by atoms with Crippen molar-refractivity contribution >= 4 is 17.4 Å². The first-order chi connectivity index (χ1) is 14.2. The normalized spacial score (nSPS) is 16.0. The van der Waals surface area contributed by atoms with Crippen molar-refractivity contribution in [3.05, 3.63) is 84.1 Å². The van der Waals surface area contributed by atoms with Crippen molar-refractivity contribution in [3.8, 4) is 5.75 Å². The van der Waals surface area contributed by atoms with Crippen LogP contribution in [0.1, 0.15) is 22.3 Å². The van der Waals surface area contributed by atoms with Crippen molar-refractivity contribution < 1.29 is 9.90 Å². The third-order valence-corrected chi connectivity index (χ3v) is 5.09. The zero-order valence-electron chi connectivity index (χ0n) is 16.1. The van der Waals surface area contributed by atoms with Gasteiger partial charge in [-0.2, -0.15) is 0 Å². The lowest BCUT2D eigenvalue weighted by Gasteiger charge is -2.18. The number of para-hydroxylation sites is 1. The molecule has 2 heterocycles. The maximum atomic E-state index is 12.3. The highest BCUT2D eigenvalue weighted by atomic mass is 16.3. The Bertz CT molecular complexity index is 943. The van der Waals surface area contributed by atoms with E-state index >= 15 is 0 Å². The molecule has 1 amide bonds. The summed E-state index contributed by atoms with van der Waals surface area (Å²) in [7, 11) is 0. The number of benzene rings is 2. The summed E-state index contributed by atoms with van der Waals surface area (Å²) in [5, 5.41) is 15.8. The molecule has 0 saturated carbocycles. The van der Waals surface area contributed by atoms with Crippen LogP contribution in [0, 0.1) is 0 Å². The maximum absolute atomic E-state index is 12.3. The van der Waals surface area contributed by atoms with Gasteiger partial charge in [0.25, 0.3) is 5.91 Å². The van der Waals surface area contributed by atoms with E-state index in [1.165, 1.54) is 0 Å². The molecule has 0 aliphatic carbocycles. The Morgan fingerprint density at radius 1 is 1.07 bits per heavy atom. The number of hydrogen-bond acceptors (Lipinski definition) is 5. The monoisotopic (exact) mass is 388 g/mol. The number of rotatable bonds is 6. The van der Waals surface area contributed by atoms with Crippen molar-refractivity contribution in [2.24, 2.45) is 0 Å². The van der Waals surface area contributed by atoms with Crippen LogP contribution in [0.15, 0.2) is 72.9 Å². The minimum atomic E-state index is -0.162. The number of phenolic OH excluding ortho intramolecular Hbond substituents is 1. The van der Waals surface area contributed by atoms with Crippen LogP contribution in [0.3, 0.4) is 0 Å². The van der Waals surface area contributed by atoms with E-state index in [9.17, 15) is 9.90 Å². The Labute approximate surface area is 170 Å². The Kier molecular flexibility index (Phi) is 5.72. The number of pyridine rings is 1. The summed E-state index contributed by atoms with van der Waals surface area (Å²) >= 11 is 0. The summed E-state index contributed by atoms with van der Waals surface area (Å²) in [5.74, 6) is 1.01. The van der Waals surface area contributed by atoms with E-state index in [4.69, 9.17) is 0 Å². The van der Waals surface area contributed by atoms with Gasteiger partial charge in [-0.25, -0.2) is 4.98 Å². The topological polar surface area (TPSA) is 77.5 Å². The van der Waals surface area contributed by atoms with E-state index in [1.807, 2.05) is 54.6 Å². The molecule has 0 bridgehead atoms. The number of carbonyl (C=O) groups is 1. The number of nitrogens with zero attached hydrogens (tertiary/aromatic N) is 2. The molecule has 2 aromatic carbocycles.